The molecule has 1 aliphatic rings. The van der Waals surface area contributed by atoms with Gasteiger partial charge in [-0.25, -0.2) is 4.39 Å². The molecule has 2 rings (SSSR count). The van der Waals surface area contributed by atoms with Crippen LogP contribution in [0.4, 0.5) is 10.1 Å². The van der Waals surface area contributed by atoms with Crippen molar-refractivity contribution in [3.8, 4) is 0 Å². The fraction of sp³-hybridized carbons (Fsp3) is 0.556. The molecule has 1 aromatic rings. The molecule has 6 nitrogen and oxygen atoms in total. The van der Waals surface area contributed by atoms with Crippen LogP contribution in [0.2, 0.25) is 0 Å². The number of ether oxygens (including phenoxy) is 2. The number of carbonyl (C=O) groups is 2. The quantitative estimate of drug-likeness (QED) is 0.687. The standard InChI is InChI=1S/C18H25FN2O4/c1-13-4-5-16(15(19)10-13)21-12-14(11-17(21)22)18(23)20-6-3-7-25-9-8-24-2/h4-5,10,14H,3,6-9,11-12H2,1-2H3,(H,20,23)/t14-/m0/s1. The molecular formula is C18H25FN2O4. The second-order valence-corrected chi connectivity index (χ2v) is 6.11. The van der Waals surface area contributed by atoms with Gasteiger partial charge in [0.05, 0.1) is 24.8 Å². The number of benzene rings is 1. The van der Waals surface area contributed by atoms with Crippen LogP contribution in [0.3, 0.4) is 0 Å². The summed E-state index contributed by atoms with van der Waals surface area (Å²) in [6.07, 6.45) is 0.788. The Labute approximate surface area is 147 Å². The topological polar surface area (TPSA) is 67.9 Å². The van der Waals surface area contributed by atoms with Gasteiger partial charge in [0.15, 0.2) is 0 Å². The summed E-state index contributed by atoms with van der Waals surface area (Å²) in [5.41, 5.74) is 1.02. The number of nitrogens with one attached hydrogen (secondary N) is 1. The summed E-state index contributed by atoms with van der Waals surface area (Å²) in [4.78, 5) is 25.7. The number of methoxy groups -OCH3 is 1. The lowest BCUT2D eigenvalue weighted by Crippen LogP contribution is -2.34. The number of anilines is 1. The zero-order chi connectivity index (χ0) is 18.2. The first kappa shape index (κ1) is 19.3. The minimum atomic E-state index is -0.456. The molecule has 1 heterocycles. The van der Waals surface area contributed by atoms with Crippen LogP contribution in [-0.2, 0) is 19.1 Å². The molecule has 0 spiro atoms. The Morgan fingerprint density at radius 3 is 2.88 bits per heavy atom. The van der Waals surface area contributed by atoms with Crippen molar-refractivity contribution in [2.24, 2.45) is 5.92 Å². The third-order valence-electron chi connectivity index (χ3n) is 4.09. The Morgan fingerprint density at radius 2 is 2.16 bits per heavy atom. The summed E-state index contributed by atoms with van der Waals surface area (Å²) < 4.78 is 24.2. The normalized spacial score (nSPS) is 17.2. The highest BCUT2D eigenvalue weighted by molar-refractivity contribution is 6.00. The van der Waals surface area contributed by atoms with Gasteiger partial charge in [-0.1, -0.05) is 6.07 Å². The first-order valence-electron chi connectivity index (χ1n) is 8.44. The molecule has 1 aliphatic heterocycles. The van der Waals surface area contributed by atoms with Crippen molar-refractivity contribution in [1.29, 1.82) is 0 Å². The van der Waals surface area contributed by atoms with Crippen molar-refractivity contribution in [3.05, 3.63) is 29.6 Å². The molecule has 25 heavy (non-hydrogen) atoms. The lowest BCUT2D eigenvalue weighted by atomic mass is 10.1. The smallest absolute Gasteiger partial charge is 0.227 e. The van der Waals surface area contributed by atoms with E-state index in [2.05, 4.69) is 5.32 Å². The van der Waals surface area contributed by atoms with Crippen molar-refractivity contribution in [2.75, 3.05) is 44.9 Å². The van der Waals surface area contributed by atoms with Crippen molar-refractivity contribution in [1.82, 2.24) is 5.32 Å². The molecule has 0 radical (unpaired) electrons. The molecule has 7 heteroatoms. The van der Waals surface area contributed by atoms with Gasteiger partial charge in [0.1, 0.15) is 5.82 Å². The predicted octanol–water partition coefficient (Wildman–Crippen LogP) is 1.66. The Bertz CT molecular complexity index is 609. The molecule has 1 atom stereocenters. The summed E-state index contributed by atoms with van der Waals surface area (Å²) in [5, 5.41) is 2.81. The Morgan fingerprint density at radius 1 is 1.36 bits per heavy atom. The Hall–Kier alpha value is -1.99. The van der Waals surface area contributed by atoms with E-state index in [-0.39, 0.29) is 30.5 Å². The SMILES string of the molecule is COCCOCCCNC(=O)[C@H]1CC(=O)N(c2ccc(C)cc2F)C1. The number of aryl methyl sites for hydroxylation is 1. The molecule has 138 valence electrons. The largest absolute Gasteiger partial charge is 0.382 e. The van der Waals surface area contributed by atoms with Gasteiger partial charge in [-0.3, -0.25) is 9.59 Å². The minimum Gasteiger partial charge on any atom is -0.382 e. The molecule has 1 aromatic carbocycles. The van der Waals surface area contributed by atoms with E-state index in [4.69, 9.17) is 9.47 Å². The molecule has 0 unspecified atom stereocenters. The maximum absolute atomic E-state index is 14.1. The van der Waals surface area contributed by atoms with E-state index in [1.165, 1.54) is 11.0 Å². The second kappa shape index (κ2) is 9.48. The van der Waals surface area contributed by atoms with Crippen LogP contribution in [0.1, 0.15) is 18.4 Å². The van der Waals surface area contributed by atoms with Gasteiger partial charge in [0.25, 0.3) is 0 Å². The van der Waals surface area contributed by atoms with Crippen molar-refractivity contribution < 1.29 is 23.5 Å². The first-order valence-corrected chi connectivity index (χ1v) is 8.44. The Kier molecular flexibility index (Phi) is 7.33. The maximum Gasteiger partial charge on any atom is 0.227 e. The summed E-state index contributed by atoms with van der Waals surface area (Å²) in [7, 11) is 1.61. The maximum atomic E-state index is 14.1. The number of hydrogen-bond acceptors (Lipinski definition) is 4. The number of nitrogens with zero attached hydrogens (tertiary/aromatic N) is 1. The summed E-state index contributed by atoms with van der Waals surface area (Å²) in [5.74, 6) is -1.31. The van der Waals surface area contributed by atoms with Crippen LogP contribution < -0.4 is 10.2 Å². The molecule has 2 amide bonds. The lowest BCUT2D eigenvalue weighted by molar-refractivity contribution is -0.126. The van der Waals surface area contributed by atoms with E-state index in [0.717, 1.165) is 5.56 Å². The zero-order valence-electron chi connectivity index (χ0n) is 14.7. The first-order chi connectivity index (χ1) is 12.0. The number of carbonyl (C=O) groups excluding carboxylic acids is 2. The van der Waals surface area contributed by atoms with Crippen LogP contribution in [-0.4, -0.2) is 51.8 Å². The van der Waals surface area contributed by atoms with Crippen LogP contribution in [0, 0.1) is 18.7 Å². The van der Waals surface area contributed by atoms with E-state index < -0.39 is 11.7 Å². The molecule has 0 saturated carbocycles. The molecular weight excluding hydrogens is 327 g/mol. The fourth-order valence-corrected chi connectivity index (χ4v) is 2.72. The molecule has 1 N–H and O–H groups in total. The van der Waals surface area contributed by atoms with Gasteiger partial charge < -0.3 is 19.7 Å². The average molecular weight is 352 g/mol. The lowest BCUT2D eigenvalue weighted by Gasteiger charge is -2.17. The summed E-state index contributed by atoms with van der Waals surface area (Å²) in [6.45, 7) is 4.08. The zero-order valence-corrected chi connectivity index (χ0v) is 14.7. The summed E-state index contributed by atoms with van der Waals surface area (Å²) in [6, 6.07) is 4.72. The third kappa shape index (κ3) is 5.51. The van der Waals surface area contributed by atoms with E-state index in [1.54, 1.807) is 26.2 Å². The van der Waals surface area contributed by atoms with E-state index in [1.807, 2.05) is 0 Å². The highest BCUT2D eigenvalue weighted by atomic mass is 19.1. The van der Waals surface area contributed by atoms with Gasteiger partial charge in [-0.05, 0) is 31.0 Å². The number of halogens is 1. The van der Waals surface area contributed by atoms with Gasteiger partial charge in [0.2, 0.25) is 11.8 Å². The van der Waals surface area contributed by atoms with Crippen molar-refractivity contribution in [3.63, 3.8) is 0 Å². The van der Waals surface area contributed by atoms with Gasteiger partial charge in [0, 0.05) is 33.2 Å². The number of hydrogen-bond donors (Lipinski definition) is 1. The molecule has 0 aromatic heterocycles. The molecule has 1 saturated heterocycles. The third-order valence-corrected chi connectivity index (χ3v) is 4.09. The van der Waals surface area contributed by atoms with Crippen LogP contribution in [0.5, 0.6) is 0 Å². The Balaban J connectivity index is 1.78. The van der Waals surface area contributed by atoms with Gasteiger partial charge >= 0.3 is 0 Å². The molecule has 1 fully saturated rings. The van der Waals surface area contributed by atoms with E-state index in [0.29, 0.717) is 32.8 Å². The predicted molar refractivity (Wildman–Crippen MR) is 91.9 cm³/mol. The summed E-state index contributed by atoms with van der Waals surface area (Å²) >= 11 is 0. The average Bonchev–Trinajstić information content (AvgIpc) is 2.95. The van der Waals surface area contributed by atoms with Crippen molar-refractivity contribution in [2.45, 2.75) is 19.8 Å². The highest BCUT2D eigenvalue weighted by Crippen LogP contribution is 2.28. The van der Waals surface area contributed by atoms with Crippen LogP contribution in [0.25, 0.3) is 0 Å². The van der Waals surface area contributed by atoms with Gasteiger partial charge in [-0.15, -0.1) is 0 Å². The van der Waals surface area contributed by atoms with E-state index >= 15 is 0 Å². The molecule has 0 aliphatic carbocycles. The highest BCUT2D eigenvalue weighted by Gasteiger charge is 2.35. The van der Waals surface area contributed by atoms with E-state index in [9.17, 15) is 14.0 Å². The fourth-order valence-electron chi connectivity index (χ4n) is 2.72. The second-order valence-electron chi connectivity index (χ2n) is 6.11. The van der Waals surface area contributed by atoms with Gasteiger partial charge in [-0.2, -0.15) is 0 Å². The minimum absolute atomic E-state index is 0.101. The molecule has 0 bridgehead atoms. The number of amides is 2. The number of rotatable bonds is 9. The van der Waals surface area contributed by atoms with Crippen LogP contribution in [0.15, 0.2) is 18.2 Å². The van der Waals surface area contributed by atoms with Crippen LogP contribution >= 0.6 is 0 Å². The van der Waals surface area contributed by atoms with Crippen molar-refractivity contribution >= 4 is 17.5 Å². The monoisotopic (exact) mass is 352 g/mol.